The lowest BCUT2D eigenvalue weighted by atomic mass is 9.95. The van der Waals surface area contributed by atoms with Crippen molar-refractivity contribution in [2.45, 2.75) is 251 Å². The fourth-order valence-corrected chi connectivity index (χ4v) is 14.5. The highest BCUT2D eigenvalue weighted by Gasteiger charge is 2.29. The summed E-state index contributed by atoms with van der Waals surface area (Å²) in [5, 5.41) is 22.2. The summed E-state index contributed by atoms with van der Waals surface area (Å²) < 4.78 is 52.5. The number of amides is 3. The fraction of sp³-hybridized carbons (Fsp3) is 0.619. The number of hydrogen-bond donors (Lipinski definition) is 5. The van der Waals surface area contributed by atoms with Gasteiger partial charge in [0.05, 0.1) is 66.9 Å². The monoisotopic (exact) mass is 1560 g/mol. The van der Waals surface area contributed by atoms with Crippen molar-refractivity contribution in [1.29, 1.82) is 5.53 Å². The van der Waals surface area contributed by atoms with E-state index < -0.39 is 38.4 Å². The van der Waals surface area contributed by atoms with Crippen molar-refractivity contribution in [3.8, 4) is 5.75 Å². The van der Waals surface area contributed by atoms with E-state index in [2.05, 4.69) is 50.1 Å². The standard InChI is InChI=1S/C84H127N10O14PS/c1-5-7-9-11-13-15-17-19-21-23-25-27-29-31-33-46-80(98)105-64-71(108-81(99)47-34-32-30-28-26-24-22-20-18-16-14-12-10-8-6-2)65-107-109(100,101)106-59-56-87-78(96)66-103-61-60-102-57-54-86-77(95)44-39-45-79(97)94-63-67-40-35-36-41-72(67)83(90-85)82(73-42-37-38-43-75(73)94)88-55-58-104-70-52-53-74-76(62-70)110-84(89-74)92-91-68-48-50-69(51-49-68)93(3)4/h35-38,40-43,48-53,62,71,85,88H,5-34,39,44-47,54-61,63-66H2,1-4H3,(H,86,95)(H,87,96)(H,100,101)/b83-82-,90-85?,92-91+. The lowest BCUT2D eigenvalue weighted by Crippen LogP contribution is -2.34. The van der Waals surface area contributed by atoms with E-state index in [1.54, 1.807) is 4.90 Å². The number of phosphoric acid groups is 1. The number of hydrogen-bond acceptors (Lipinski definition) is 21. The van der Waals surface area contributed by atoms with Gasteiger partial charge in [-0.1, -0.05) is 247 Å². The normalized spacial score (nSPS) is 13.6. The van der Waals surface area contributed by atoms with Crippen molar-refractivity contribution in [2.75, 3.05) is 96.4 Å². The number of ether oxygens (including phenoxy) is 5. The van der Waals surface area contributed by atoms with E-state index in [9.17, 15) is 33.4 Å². The number of nitrogens with one attached hydrogen (secondary N) is 4. The summed E-state index contributed by atoms with van der Waals surface area (Å²) in [6, 6.07) is 28.5. The van der Waals surface area contributed by atoms with Crippen molar-refractivity contribution in [2.24, 2.45) is 15.3 Å². The molecular formula is C84H127N10O14PS. The molecule has 1 aliphatic heterocycles. The van der Waals surface area contributed by atoms with E-state index in [0.29, 0.717) is 58.5 Å². The number of nitrogens with zero attached hydrogens (tertiary/aromatic N) is 6. The van der Waals surface area contributed by atoms with Gasteiger partial charge in [0.1, 0.15) is 31.3 Å². The minimum atomic E-state index is -4.69. The fourth-order valence-electron chi connectivity index (χ4n) is 12.9. The largest absolute Gasteiger partial charge is 0.492 e. The van der Waals surface area contributed by atoms with Crippen LogP contribution < -0.4 is 30.5 Å². The quantitative estimate of drug-likeness (QED) is 0.0105. The highest BCUT2D eigenvalue weighted by atomic mass is 32.1. The number of carbonyl (C=O) groups excluding carboxylic acids is 5. The number of thiazole rings is 1. The molecule has 0 saturated heterocycles. The molecule has 0 aliphatic carbocycles. The number of rotatable bonds is 63. The molecule has 3 amide bonds. The Morgan fingerprint density at radius 2 is 1.15 bits per heavy atom. The number of unbranched alkanes of at least 4 members (excludes halogenated alkanes) is 28. The minimum absolute atomic E-state index is 0.0712. The van der Waals surface area contributed by atoms with E-state index in [1.807, 2.05) is 110 Å². The Hall–Kier alpha value is -7.51. The van der Waals surface area contributed by atoms with Crippen LogP contribution in [0, 0.1) is 5.53 Å². The Morgan fingerprint density at radius 3 is 1.76 bits per heavy atom. The zero-order valence-corrected chi connectivity index (χ0v) is 68.0. The van der Waals surface area contributed by atoms with Crippen molar-refractivity contribution in [3.63, 3.8) is 0 Å². The molecule has 2 unspecified atom stereocenters. The molecule has 0 radical (unpaired) electrons. The van der Waals surface area contributed by atoms with Gasteiger partial charge in [0.25, 0.3) is 0 Å². The Morgan fingerprint density at radius 1 is 0.582 bits per heavy atom. The summed E-state index contributed by atoms with van der Waals surface area (Å²) in [6.45, 7) is 4.16. The third-order valence-electron chi connectivity index (χ3n) is 19.1. The van der Waals surface area contributed by atoms with Crippen LogP contribution in [0.2, 0.25) is 0 Å². The summed E-state index contributed by atoms with van der Waals surface area (Å²) in [5.41, 5.74) is 14.8. The number of aromatic nitrogens is 1. The third-order valence-corrected chi connectivity index (χ3v) is 21.0. The Bertz CT molecular complexity index is 3580. The molecule has 1 aromatic heterocycles. The highest BCUT2D eigenvalue weighted by Crippen LogP contribution is 2.43. The first-order valence-corrected chi connectivity index (χ1v) is 43.2. The predicted molar refractivity (Wildman–Crippen MR) is 437 cm³/mol. The summed E-state index contributed by atoms with van der Waals surface area (Å²) >= 11 is 1.41. The van der Waals surface area contributed by atoms with E-state index >= 15 is 0 Å². The summed E-state index contributed by atoms with van der Waals surface area (Å²) in [4.78, 5) is 84.4. The number of benzene rings is 4. The molecule has 26 heteroatoms. The number of para-hydroxylation sites is 1. The van der Waals surface area contributed by atoms with Crippen LogP contribution >= 0.6 is 19.2 Å². The van der Waals surface area contributed by atoms with Gasteiger partial charge in [-0.3, -0.25) is 33.0 Å². The number of phosphoric ester groups is 1. The number of carbonyl (C=O) groups is 5. The molecule has 1 aliphatic rings. The second kappa shape index (κ2) is 55.8. The van der Waals surface area contributed by atoms with E-state index in [0.717, 1.165) is 65.7 Å². The average Bonchev–Trinajstić information content (AvgIpc) is 0.889. The van der Waals surface area contributed by atoms with Gasteiger partial charge in [-0.15, -0.1) is 10.2 Å². The van der Waals surface area contributed by atoms with Crippen LogP contribution in [0.5, 0.6) is 5.75 Å². The van der Waals surface area contributed by atoms with Crippen LogP contribution in [0.15, 0.2) is 106 Å². The SMILES string of the molecule is CCCCCCCCCCCCCCCCCC(=O)OCC(COP(=O)(O)OCCNC(=O)COCCOCCNC(=O)CCCC(=O)N1Cc2ccccc2/C(N=N)=C(/NCCOc2ccc3nc(/N=N/c4ccc(N(C)C)cc4)sc3c2)c2ccccc21)OC(=O)CCCCCCCCCCCCCCCCC. The molecule has 0 bridgehead atoms. The van der Waals surface area contributed by atoms with Crippen LogP contribution in [0.3, 0.4) is 0 Å². The van der Waals surface area contributed by atoms with E-state index in [-0.39, 0.29) is 110 Å². The van der Waals surface area contributed by atoms with Crippen molar-refractivity contribution >= 4 is 92.6 Å². The molecule has 0 saturated carbocycles. The second-order valence-corrected chi connectivity index (χ2v) is 31.0. The second-order valence-electron chi connectivity index (χ2n) is 28.5. The number of fused-ring (bicyclic) bond motifs is 3. The molecule has 4 aromatic carbocycles. The van der Waals surface area contributed by atoms with Crippen molar-refractivity contribution in [1.82, 2.24) is 20.9 Å². The maximum Gasteiger partial charge on any atom is 0.472 e. The molecule has 0 fully saturated rings. The first kappa shape index (κ1) is 91.4. The maximum atomic E-state index is 14.3. The van der Waals surface area contributed by atoms with Crippen LogP contribution in [-0.4, -0.2) is 132 Å². The molecule has 24 nitrogen and oxygen atoms in total. The summed E-state index contributed by atoms with van der Waals surface area (Å²) in [6.07, 6.45) is 35.8. The topological polar surface area (TPSA) is 304 Å². The third kappa shape index (κ3) is 38.1. The Labute approximate surface area is 658 Å². The molecule has 110 heavy (non-hydrogen) atoms. The van der Waals surface area contributed by atoms with Gasteiger partial charge in [-0.05, 0) is 73.4 Å². The van der Waals surface area contributed by atoms with Crippen molar-refractivity contribution < 1.29 is 66.2 Å². The first-order valence-electron chi connectivity index (χ1n) is 40.9. The summed E-state index contributed by atoms with van der Waals surface area (Å²) in [5.74, 6) is -1.24. The van der Waals surface area contributed by atoms with Gasteiger partial charge in [0, 0.05) is 76.2 Å². The molecule has 0 spiro atoms. The van der Waals surface area contributed by atoms with Crippen LogP contribution in [0.25, 0.3) is 21.6 Å². The zero-order chi connectivity index (χ0) is 78.5. The Kier molecular flexibility index (Phi) is 46.4. The number of esters is 2. The molecular weight excluding hydrogens is 1440 g/mol. The minimum Gasteiger partial charge on any atom is -0.492 e. The molecule has 5 N–H and O–H groups in total. The number of azo groups is 1. The van der Waals surface area contributed by atoms with E-state index in [1.165, 1.54) is 153 Å². The smallest absolute Gasteiger partial charge is 0.472 e. The first-order chi connectivity index (χ1) is 53.7. The van der Waals surface area contributed by atoms with Gasteiger partial charge < -0.3 is 54.3 Å². The van der Waals surface area contributed by atoms with Crippen LogP contribution in [0.1, 0.15) is 255 Å². The van der Waals surface area contributed by atoms with Crippen molar-refractivity contribution in [3.05, 3.63) is 108 Å². The molecule has 5 aromatic rings. The summed E-state index contributed by atoms with van der Waals surface area (Å²) in [7, 11) is -0.728. The molecule has 2 heterocycles. The van der Waals surface area contributed by atoms with Crippen LogP contribution in [-0.2, 0) is 63.1 Å². The average molecular weight is 1560 g/mol. The predicted octanol–water partition coefficient (Wildman–Crippen LogP) is 19.7. The lowest BCUT2D eigenvalue weighted by molar-refractivity contribution is -0.161. The van der Waals surface area contributed by atoms with Crippen LogP contribution in [0.4, 0.5) is 22.2 Å². The molecule has 6 rings (SSSR count). The van der Waals surface area contributed by atoms with E-state index in [4.69, 9.17) is 38.3 Å². The highest BCUT2D eigenvalue weighted by molar-refractivity contribution is 7.47. The van der Waals surface area contributed by atoms with Gasteiger partial charge in [0.15, 0.2) is 6.10 Å². The maximum absolute atomic E-state index is 14.3. The van der Waals surface area contributed by atoms with Gasteiger partial charge >= 0.3 is 19.8 Å². The van der Waals surface area contributed by atoms with Gasteiger partial charge in [0.2, 0.25) is 22.9 Å². The molecule has 2 atom stereocenters. The number of anilines is 2. The zero-order valence-electron chi connectivity index (χ0n) is 66.3. The lowest BCUT2D eigenvalue weighted by Gasteiger charge is -2.30. The van der Waals surface area contributed by atoms with Gasteiger partial charge in [-0.2, -0.15) is 5.11 Å². The Balaban J connectivity index is 0.831. The van der Waals surface area contributed by atoms with Gasteiger partial charge in [-0.25, -0.2) is 15.1 Å². The molecule has 608 valence electrons.